The number of carbonyl (C=O) groups is 1. The van der Waals surface area contributed by atoms with Crippen molar-refractivity contribution >= 4 is 22.5 Å². The molecule has 1 radical (unpaired) electrons. The lowest BCUT2D eigenvalue weighted by atomic mass is 10.1. The van der Waals surface area contributed by atoms with E-state index in [-0.39, 0.29) is 0 Å². The summed E-state index contributed by atoms with van der Waals surface area (Å²) >= 11 is 0. The van der Waals surface area contributed by atoms with Crippen molar-refractivity contribution < 1.29 is 4.79 Å². The van der Waals surface area contributed by atoms with Crippen molar-refractivity contribution in [3.05, 3.63) is 90.4 Å². The molecule has 0 spiro atoms. The summed E-state index contributed by atoms with van der Waals surface area (Å²) in [5, 5.41) is 5.28. The first kappa shape index (κ1) is 16.3. The van der Waals surface area contributed by atoms with E-state index >= 15 is 0 Å². The molecule has 28 heavy (non-hydrogen) atoms. The smallest absolute Gasteiger partial charge is 0.252 e. The summed E-state index contributed by atoms with van der Waals surface area (Å²) in [6, 6.07) is 22.2. The van der Waals surface area contributed by atoms with Crippen molar-refractivity contribution in [2.24, 2.45) is 5.73 Å². The number of benzene rings is 2. The van der Waals surface area contributed by atoms with Crippen LogP contribution in [-0.4, -0.2) is 25.1 Å². The number of nitrogens with zero attached hydrogens (tertiary/aromatic N) is 4. The predicted octanol–water partition coefficient (Wildman–Crippen LogP) is 3.30. The molecule has 5 aromatic rings. The Hall–Kier alpha value is -3.93. The largest absolute Gasteiger partial charge is 0.365 e. The van der Waals surface area contributed by atoms with Gasteiger partial charge < -0.3 is 10.3 Å². The van der Waals surface area contributed by atoms with Gasteiger partial charge in [0.2, 0.25) is 6.33 Å². The van der Waals surface area contributed by atoms with E-state index in [9.17, 15) is 4.79 Å². The van der Waals surface area contributed by atoms with Gasteiger partial charge in [0.05, 0.1) is 11.3 Å². The molecule has 0 atom stereocenters. The summed E-state index contributed by atoms with van der Waals surface area (Å²) in [6.07, 6.45) is 4.66. The van der Waals surface area contributed by atoms with Crippen LogP contribution in [0.15, 0.2) is 72.9 Å². The molecular weight excluding hydrogens is 350 g/mol. The Kier molecular flexibility index (Phi) is 3.69. The average Bonchev–Trinajstić information content (AvgIpc) is 3.35. The minimum absolute atomic E-state index is 0.326. The summed E-state index contributed by atoms with van der Waals surface area (Å²) in [6.45, 7) is 0.819. The van der Waals surface area contributed by atoms with Gasteiger partial charge in [0.1, 0.15) is 0 Å². The highest BCUT2D eigenvalue weighted by atomic mass is 16.1. The molecule has 6 heteroatoms. The van der Waals surface area contributed by atoms with Gasteiger partial charge in [-0.15, -0.1) is 5.10 Å². The van der Waals surface area contributed by atoms with Gasteiger partial charge in [0, 0.05) is 29.2 Å². The molecule has 0 unspecified atom stereocenters. The highest BCUT2D eigenvalue weighted by molar-refractivity contribution is 5.99. The molecule has 0 bridgehead atoms. The van der Waals surface area contributed by atoms with Crippen LogP contribution in [0.2, 0.25) is 0 Å². The van der Waals surface area contributed by atoms with Gasteiger partial charge in [0.25, 0.3) is 5.91 Å². The maximum atomic E-state index is 11.6. The molecule has 2 aromatic carbocycles. The fourth-order valence-corrected chi connectivity index (χ4v) is 3.55. The lowest BCUT2D eigenvalue weighted by molar-refractivity contribution is 0.100. The first-order valence-electron chi connectivity index (χ1n) is 8.89. The summed E-state index contributed by atoms with van der Waals surface area (Å²) < 4.78 is 3.83. The molecule has 1 amide bonds. The van der Waals surface area contributed by atoms with Crippen molar-refractivity contribution in [2.45, 2.75) is 6.54 Å². The Morgan fingerprint density at radius 3 is 2.71 bits per heavy atom. The van der Waals surface area contributed by atoms with Crippen LogP contribution in [0.25, 0.3) is 27.8 Å². The van der Waals surface area contributed by atoms with E-state index in [1.54, 1.807) is 10.6 Å². The average molecular weight is 366 g/mol. The van der Waals surface area contributed by atoms with E-state index in [0.717, 1.165) is 28.7 Å². The fourth-order valence-electron chi connectivity index (χ4n) is 3.55. The number of amides is 1. The Morgan fingerprint density at radius 2 is 1.89 bits per heavy atom. The topological polar surface area (TPSA) is 78.2 Å². The van der Waals surface area contributed by atoms with Crippen LogP contribution in [-0.2, 0) is 6.54 Å². The third-order valence-electron chi connectivity index (χ3n) is 4.91. The zero-order valence-corrected chi connectivity index (χ0v) is 14.9. The van der Waals surface area contributed by atoms with Gasteiger partial charge in [0.15, 0.2) is 5.65 Å². The third kappa shape index (κ3) is 2.63. The maximum Gasteiger partial charge on any atom is 0.252 e. The monoisotopic (exact) mass is 366 g/mol. The van der Waals surface area contributed by atoms with Crippen molar-refractivity contribution in [3.8, 4) is 11.3 Å². The van der Waals surface area contributed by atoms with Gasteiger partial charge in [-0.25, -0.2) is 9.50 Å². The Labute approximate surface area is 160 Å². The molecule has 0 aliphatic heterocycles. The van der Waals surface area contributed by atoms with E-state index in [1.807, 2.05) is 18.2 Å². The van der Waals surface area contributed by atoms with Gasteiger partial charge >= 0.3 is 0 Å². The van der Waals surface area contributed by atoms with E-state index in [0.29, 0.717) is 11.2 Å². The maximum absolute atomic E-state index is 11.6. The highest BCUT2D eigenvalue weighted by Gasteiger charge is 2.14. The number of rotatable bonds is 4. The molecule has 6 nitrogen and oxygen atoms in total. The quantitative estimate of drug-likeness (QED) is 0.530. The molecule has 3 heterocycles. The lowest BCUT2D eigenvalue weighted by Crippen LogP contribution is -2.13. The number of nitrogens with two attached hydrogens (primary N) is 1. The third-order valence-corrected chi connectivity index (χ3v) is 4.91. The summed E-state index contributed by atoms with van der Waals surface area (Å²) in [4.78, 5) is 15.7. The molecule has 2 N–H and O–H groups in total. The second-order valence-corrected chi connectivity index (χ2v) is 6.65. The van der Waals surface area contributed by atoms with Crippen LogP contribution in [0, 0.1) is 6.33 Å². The van der Waals surface area contributed by atoms with E-state index in [4.69, 9.17) is 5.73 Å². The van der Waals surface area contributed by atoms with Crippen LogP contribution >= 0.6 is 0 Å². The molecule has 0 aliphatic rings. The molecule has 0 fully saturated rings. The zero-order valence-electron chi connectivity index (χ0n) is 14.9. The summed E-state index contributed by atoms with van der Waals surface area (Å²) in [5.74, 6) is -0.536. The minimum atomic E-state index is -0.536. The first-order valence-corrected chi connectivity index (χ1v) is 8.89. The van der Waals surface area contributed by atoms with Gasteiger partial charge in [-0.2, -0.15) is 0 Å². The number of aromatic nitrogens is 4. The minimum Gasteiger partial charge on any atom is -0.365 e. The van der Waals surface area contributed by atoms with Crippen LogP contribution in [0.4, 0.5) is 0 Å². The van der Waals surface area contributed by atoms with Crippen molar-refractivity contribution in [3.63, 3.8) is 0 Å². The lowest BCUT2D eigenvalue weighted by Gasteiger charge is -2.09. The first-order chi connectivity index (χ1) is 13.7. The van der Waals surface area contributed by atoms with E-state index < -0.39 is 5.91 Å². The Bertz CT molecular complexity index is 1320. The predicted molar refractivity (Wildman–Crippen MR) is 107 cm³/mol. The second-order valence-electron chi connectivity index (χ2n) is 6.65. The molecule has 135 valence electrons. The number of primary amides is 1. The van der Waals surface area contributed by atoms with Crippen LogP contribution in [0.5, 0.6) is 0 Å². The van der Waals surface area contributed by atoms with Gasteiger partial charge in [-0.05, 0) is 35.9 Å². The van der Waals surface area contributed by atoms with Gasteiger partial charge in [-0.3, -0.25) is 4.79 Å². The fraction of sp³-hybridized carbons (Fsp3) is 0.0455. The molecule has 0 saturated carbocycles. The second kappa shape index (κ2) is 6.35. The molecule has 0 saturated heterocycles. The number of pyridine rings is 1. The SMILES string of the molecule is NC(=O)c1ccc(-c2ccc3c(ccn3Cc3ccccc3)c2)n2n[c]nc12. The van der Waals surface area contributed by atoms with Crippen LogP contribution in [0.3, 0.4) is 0 Å². The van der Waals surface area contributed by atoms with Crippen LogP contribution < -0.4 is 5.73 Å². The molecule has 0 aliphatic carbocycles. The van der Waals surface area contributed by atoms with Crippen molar-refractivity contribution in [1.82, 2.24) is 19.2 Å². The Morgan fingerprint density at radius 1 is 1.04 bits per heavy atom. The number of fused-ring (bicyclic) bond motifs is 2. The van der Waals surface area contributed by atoms with Crippen LogP contribution in [0.1, 0.15) is 15.9 Å². The number of hydrogen-bond acceptors (Lipinski definition) is 3. The normalized spacial score (nSPS) is 11.3. The summed E-state index contributed by atoms with van der Waals surface area (Å²) in [5.41, 5.74) is 10.4. The highest BCUT2D eigenvalue weighted by Crippen LogP contribution is 2.27. The molecule has 5 rings (SSSR count). The van der Waals surface area contributed by atoms with Gasteiger partial charge in [-0.1, -0.05) is 36.4 Å². The van der Waals surface area contributed by atoms with Crippen molar-refractivity contribution in [2.75, 3.05) is 0 Å². The van der Waals surface area contributed by atoms with Crippen molar-refractivity contribution in [1.29, 1.82) is 0 Å². The van der Waals surface area contributed by atoms with E-state index in [1.165, 1.54) is 5.56 Å². The Balaban J connectivity index is 1.58. The summed E-state index contributed by atoms with van der Waals surface area (Å²) in [7, 11) is 0. The van der Waals surface area contributed by atoms with E-state index in [2.05, 4.69) is 69.6 Å². The molecule has 3 aromatic heterocycles. The number of carbonyl (C=O) groups excluding carboxylic acids is 1. The molecular formula is C22H16N5O. The standard InChI is InChI=1S/C22H16N5O/c23-21(28)18-7-9-20(27-22(18)24-14-25-27)16-6-8-19-17(12-16)10-11-26(19)13-15-4-2-1-3-5-15/h1-12H,13H2,(H2,23,28). The zero-order chi connectivity index (χ0) is 19.1. The number of hydrogen-bond donors (Lipinski definition) is 1.